The number of aliphatic hydroxyl groups is 1. The number of carbonyl (C=O) groups excluding carboxylic acids is 1. The predicted molar refractivity (Wildman–Crippen MR) is 228 cm³/mol. The van der Waals surface area contributed by atoms with E-state index in [9.17, 15) is 28.4 Å². The van der Waals surface area contributed by atoms with Crippen molar-refractivity contribution in [2.75, 3.05) is 37.6 Å². The molecule has 2 fully saturated rings. The zero-order valence-corrected chi connectivity index (χ0v) is 34.5. The molecule has 0 aromatic heterocycles. The SMILES string of the molecule is Cc1ccc(S(=O)(=O)N[C@H](Cc2ccccc2)C(=O)NCc2ccc([C@@H]3O[C@H](CN4CCN(c5ccc([N+](=O)[O-])cc5)CC4)[C@H](C)[C@H](c4ccc(CO)cc4)O3)cc2)cc1. The summed E-state index contributed by atoms with van der Waals surface area (Å²) in [5, 5.41) is 23.7. The smallest absolute Gasteiger partial charge is 0.269 e. The van der Waals surface area contributed by atoms with Crippen LogP contribution in [0.5, 0.6) is 0 Å². The fourth-order valence-corrected chi connectivity index (χ4v) is 8.87. The molecule has 0 radical (unpaired) electrons. The Kier molecular flexibility index (Phi) is 13.7. The Morgan fingerprint density at radius 2 is 1.45 bits per heavy atom. The molecular weight excluding hydrogens is 783 g/mol. The summed E-state index contributed by atoms with van der Waals surface area (Å²) in [5.74, 6) is -0.450. The van der Waals surface area contributed by atoms with Gasteiger partial charge in [0.1, 0.15) is 6.04 Å². The molecule has 0 spiro atoms. The predicted octanol–water partition coefficient (Wildman–Crippen LogP) is 6.22. The van der Waals surface area contributed by atoms with Gasteiger partial charge in [-0.15, -0.1) is 0 Å². The van der Waals surface area contributed by atoms with Crippen LogP contribution in [0, 0.1) is 23.0 Å². The van der Waals surface area contributed by atoms with E-state index in [0.717, 1.165) is 65.2 Å². The molecule has 2 aliphatic heterocycles. The van der Waals surface area contributed by atoms with Crippen LogP contribution in [0.2, 0.25) is 0 Å². The molecule has 2 saturated heterocycles. The zero-order chi connectivity index (χ0) is 42.2. The van der Waals surface area contributed by atoms with Gasteiger partial charge >= 0.3 is 0 Å². The lowest BCUT2D eigenvalue weighted by atomic mass is 9.90. The molecule has 5 aromatic rings. The van der Waals surface area contributed by atoms with Gasteiger partial charge in [0.05, 0.1) is 28.6 Å². The number of hydrogen-bond acceptors (Lipinski definition) is 10. The minimum Gasteiger partial charge on any atom is -0.392 e. The Hall–Kier alpha value is -5.48. The lowest BCUT2D eigenvalue weighted by Crippen LogP contribution is -2.51. The quantitative estimate of drug-likeness (QED) is 0.0816. The van der Waals surface area contributed by atoms with Gasteiger partial charge in [0.15, 0.2) is 6.29 Å². The van der Waals surface area contributed by atoms with Crippen LogP contribution in [-0.2, 0) is 43.9 Å². The molecule has 2 heterocycles. The van der Waals surface area contributed by atoms with Crippen molar-refractivity contribution in [1.82, 2.24) is 14.9 Å². The van der Waals surface area contributed by atoms with Crippen molar-refractivity contribution in [3.63, 3.8) is 0 Å². The maximum atomic E-state index is 13.6. The number of nitro benzene ring substituents is 1. The second-order valence-electron chi connectivity index (χ2n) is 15.5. The van der Waals surface area contributed by atoms with Crippen molar-refractivity contribution >= 4 is 27.3 Å². The number of sulfonamides is 1. The molecule has 0 unspecified atom stereocenters. The number of anilines is 1. The number of aliphatic hydroxyl groups excluding tert-OH is 1. The van der Waals surface area contributed by atoms with Crippen molar-refractivity contribution in [2.45, 2.75) is 62.9 Å². The summed E-state index contributed by atoms with van der Waals surface area (Å²) in [7, 11) is -3.98. The van der Waals surface area contributed by atoms with Crippen LogP contribution in [0.4, 0.5) is 11.4 Å². The average molecular weight is 834 g/mol. The third-order valence-corrected chi connectivity index (χ3v) is 12.8. The molecule has 5 aromatic carbocycles. The number of nitrogens with one attached hydrogen (secondary N) is 2. The minimum atomic E-state index is -3.98. The van der Waals surface area contributed by atoms with E-state index in [0.29, 0.717) is 6.54 Å². The summed E-state index contributed by atoms with van der Waals surface area (Å²) < 4.78 is 42.8. The molecule has 7 rings (SSSR count). The van der Waals surface area contributed by atoms with Gasteiger partial charge in [-0.3, -0.25) is 19.8 Å². The Morgan fingerprint density at radius 1 is 0.817 bits per heavy atom. The topological polar surface area (TPSA) is 164 Å². The molecule has 60 heavy (non-hydrogen) atoms. The Bertz CT molecular complexity index is 2300. The van der Waals surface area contributed by atoms with E-state index in [4.69, 9.17) is 9.47 Å². The number of ether oxygens (including phenoxy) is 2. The average Bonchev–Trinajstić information content (AvgIpc) is 3.27. The normalized spacial score (nSPS) is 20.4. The van der Waals surface area contributed by atoms with Crippen LogP contribution in [0.15, 0.2) is 132 Å². The number of amides is 1. The molecule has 2 aliphatic rings. The van der Waals surface area contributed by atoms with Gasteiger partial charge in [-0.2, -0.15) is 4.72 Å². The van der Waals surface area contributed by atoms with E-state index in [-0.39, 0.29) is 53.2 Å². The van der Waals surface area contributed by atoms with Crippen LogP contribution >= 0.6 is 0 Å². The fraction of sp³-hybridized carbons (Fsp3) is 0.326. The lowest BCUT2D eigenvalue weighted by Gasteiger charge is -2.44. The van der Waals surface area contributed by atoms with Crippen LogP contribution in [0.1, 0.15) is 52.7 Å². The van der Waals surface area contributed by atoms with Crippen LogP contribution in [0.25, 0.3) is 0 Å². The summed E-state index contributed by atoms with van der Waals surface area (Å²) in [6.07, 6.45) is -0.967. The third kappa shape index (κ3) is 10.6. The fourth-order valence-electron chi connectivity index (χ4n) is 7.67. The number of carbonyl (C=O) groups is 1. The van der Waals surface area contributed by atoms with Gasteiger partial charge in [0, 0.05) is 68.6 Å². The molecule has 314 valence electrons. The van der Waals surface area contributed by atoms with E-state index in [1.807, 2.05) is 85.8 Å². The standard InChI is InChI=1S/C46H51N5O8S/c1-32-8-22-41(23-9-32)60(56,57)48-42(28-34-6-4-3-5-7-34)45(53)47-29-35-10-16-38(17-11-35)46-58-43(33(2)44(59-46)37-14-12-36(31-52)13-15-37)30-49-24-26-50(27-25-49)39-18-20-40(21-19-39)51(54)55/h3-23,33,42-44,46,48,52H,24-31H2,1-2H3,(H,47,53)/t33-,42+,43+,44+,46+/m0/s1. The zero-order valence-electron chi connectivity index (χ0n) is 33.7. The van der Waals surface area contributed by atoms with Gasteiger partial charge in [-0.05, 0) is 59.9 Å². The molecule has 5 atom stereocenters. The summed E-state index contributed by atoms with van der Waals surface area (Å²) in [6.45, 7) is 7.96. The number of non-ortho nitro benzene ring substituents is 1. The van der Waals surface area contributed by atoms with Crippen molar-refractivity contribution in [3.05, 3.63) is 171 Å². The second-order valence-corrected chi connectivity index (χ2v) is 17.2. The summed E-state index contributed by atoms with van der Waals surface area (Å²) >= 11 is 0. The second kappa shape index (κ2) is 19.3. The van der Waals surface area contributed by atoms with Crippen LogP contribution < -0.4 is 14.9 Å². The Balaban J connectivity index is 1.02. The molecule has 3 N–H and O–H groups in total. The molecule has 14 heteroatoms. The van der Waals surface area contributed by atoms with Gasteiger partial charge in [0.2, 0.25) is 15.9 Å². The Morgan fingerprint density at radius 3 is 2.08 bits per heavy atom. The van der Waals surface area contributed by atoms with Crippen LogP contribution in [0.3, 0.4) is 0 Å². The molecule has 1 amide bonds. The first-order valence-electron chi connectivity index (χ1n) is 20.2. The largest absolute Gasteiger partial charge is 0.392 e. The number of nitro groups is 1. The summed E-state index contributed by atoms with van der Waals surface area (Å²) in [5.41, 5.74) is 6.21. The highest BCUT2D eigenvalue weighted by Crippen LogP contribution is 2.42. The van der Waals surface area contributed by atoms with Crippen molar-refractivity contribution < 1.29 is 32.7 Å². The van der Waals surface area contributed by atoms with Gasteiger partial charge in [-0.1, -0.05) is 103 Å². The van der Waals surface area contributed by atoms with Crippen molar-refractivity contribution in [1.29, 1.82) is 0 Å². The highest BCUT2D eigenvalue weighted by Gasteiger charge is 2.39. The molecule has 13 nitrogen and oxygen atoms in total. The first-order valence-corrected chi connectivity index (χ1v) is 21.7. The summed E-state index contributed by atoms with van der Waals surface area (Å²) in [4.78, 5) is 29.1. The Labute approximate surface area is 351 Å². The first kappa shape index (κ1) is 42.6. The van der Waals surface area contributed by atoms with E-state index in [1.165, 1.54) is 12.1 Å². The third-order valence-electron chi connectivity index (χ3n) is 11.3. The number of hydrogen-bond donors (Lipinski definition) is 3. The molecule has 0 bridgehead atoms. The number of aryl methyl sites for hydroxylation is 1. The lowest BCUT2D eigenvalue weighted by molar-refractivity contribution is -0.384. The van der Waals surface area contributed by atoms with E-state index >= 15 is 0 Å². The highest BCUT2D eigenvalue weighted by molar-refractivity contribution is 7.89. The monoisotopic (exact) mass is 833 g/mol. The number of nitrogens with zero attached hydrogens (tertiary/aromatic N) is 3. The number of rotatable bonds is 15. The van der Waals surface area contributed by atoms with Crippen molar-refractivity contribution in [2.24, 2.45) is 5.92 Å². The maximum absolute atomic E-state index is 13.6. The van der Waals surface area contributed by atoms with Gasteiger partial charge < -0.3 is 24.8 Å². The summed E-state index contributed by atoms with van der Waals surface area (Å²) in [6, 6.07) is 36.9. The van der Waals surface area contributed by atoms with Gasteiger partial charge in [0.25, 0.3) is 5.69 Å². The van der Waals surface area contributed by atoms with E-state index in [2.05, 4.69) is 26.8 Å². The molecule has 0 aliphatic carbocycles. The van der Waals surface area contributed by atoms with Crippen molar-refractivity contribution in [3.8, 4) is 0 Å². The number of piperazine rings is 1. The molecule has 0 saturated carbocycles. The highest BCUT2D eigenvalue weighted by atomic mass is 32.2. The minimum absolute atomic E-state index is 0.00400. The number of benzene rings is 5. The van der Waals surface area contributed by atoms with Crippen LogP contribution in [-0.4, -0.2) is 74.1 Å². The van der Waals surface area contributed by atoms with E-state index in [1.54, 1.807) is 36.4 Å². The first-order chi connectivity index (χ1) is 28.9. The van der Waals surface area contributed by atoms with E-state index < -0.39 is 28.3 Å². The maximum Gasteiger partial charge on any atom is 0.269 e. The van der Waals surface area contributed by atoms with Gasteiger partial charge in [-0.25, -0.2) is 8.42 Å². The molecular formula is C46H51N5O8S.